The molecule has 0 radical (unpaired) electrons. The Hall–Kier alpha value is -4.25. The second kappa shape index (κ2) is 9.18. The summed E-state index contributed by atoms with van der Waals surface area (Å²) in [6.07, 6.45) is 0. The van der Waals surface area contributed by atoms with E-state index in [-0.39, 0.29) is 22.2 Å². The summed E-state index contributed by atoms with van der Waals surface area (Å²) in [6.45, 7) is 1.80. The maximum absolute atomic E-state index is 13.1. The molecule has 3 aromatic carbocycles. The second-order valence-corrected chi connectivity index (χ2v) is 9.53. The van der Waals surface area contributed by atoms with Gasteiger partial charge in [0.15, 0.2) is 11.5 Å². The molecule has 3 N–H and O–H groups in total. The predicted octanol–water partition coefficient (Wildman–Crippen LogP) is 3.04. The van der Waals surface area contributed by atoms with Gasteiger partial charge in [-0.3, -0.25) is 14.4 Å². The van der Waals surface area contributed by atoms with E-state index < -0.39 is 15.9 Å². The van der Waals surface area contributed by atoms with Crippen molar-refractivity contribution in [3.63, 3.8) is 0 Å². The topological polar surface area (TPSA) is 126 Å². The highest BCUT2D eigenvalue weighted by Crippen LogP contribution is 2.33. The smallest absolute Gasteiger partial charge is 0.321 e. The number of nitrogens with one attached hydrogen (secondary N) is 3. The van der Waals surface area contributed by atoms with Crippen LogP contribution in [0.4, 0.5) is 21.9 Å². The summed E-state index contributed by atoms with van der Waals surface area (Å²) in [5, 5.41) is 5.51. The van der Waals surface area contributed by atoms with Gasteiger partial charge in [0, 0.05) is 30.5 Å². The summed E-state index contributed by atoms with van der Waals surface area (Å²) in [5.41, 5.74) is 1.37. The fourth-order valence-corrected chi connectivity index (χ4v) is 4.93. The van der Waals surface area contributed by atoms with Crippen molar-refractivity contribution in [3.8, 4) is 11.5 Å². The van der Waals surface area contributed by atoms with Crippen LogP contribution in [0.3, 0.4) is 0 Å². The van der Waals surface area contributed by atoms with Crippen molar-refractivity contribution < 1.29 is 27.5 Å². The molecule has 0 bridgehead atoms. The lowest BCUT2D eigenvalue weighted by atomic mass is 10.1. The number of nitrogens with zero attached hydrogens (tertiary/aromatic N) is 1. The monoisotopic (exact) mass is 494 g/mol. The van der Waals surface area contributed by atoms with E-state index in [2.05, 4.69) is 15.4 Å². The summed E-state index contributed by atoms with van der Waals surface area (Å²) < 4.78 is 39.5. The van der Waals surface area contributed by atoms with E-state index >= 15 is 0 Å². The molecule has 2 aliphatic rings. The SMILES string of the molecule is O=C(Nc1cccc(N2CCNC2=O)c1)c1ccccc1NS(=O)(=O)c1ccc2c(c1)OCCO2. The number of anilines is 3. The first-order valence-corrected chi connectivity index (χ1v) is 12.4. The van der Waals surface area contributed by atoms with Crippen LogP contribution in [0.2, 0.25) is 0 Å². The van der Waals surface area contributed by atoms with E-state index in [0.717, 1.165) is 0 Å². The maximum atomic E-state index is 13.1. The fourth-order valence-electron chi connectivity index (χ4n) is 3.83. The molecule has 180 valence electrons. The number of benzene rings is 3. The molecule has 3 aromatic rings. The fraction of sp³-hybridized carbons (Fsp3) is 0.167. The standard InChI is InChI=1S/C24H22N4O6S/c29-23(26-16-4-3-5-17(14-16)28-11-10-25-24(28)30)19-6-1-2-7-20(19)27-35(31,32)18-8-9-21-22(15-18)34-13-12-33-21/h1-9,14-15,27H,10-13H2,(H,25,30)(H,26,29). The van der Waals surface area contributed by atoms with E-state index in [9.17, 15) is 18.0 Å². The first-order chi connectivity index (χ1) is 16.9. The number of carbonyl (C=O) groups is 2. The van der Waals surface area contributed by atoms with Crippen LogP contribution in [-0.2, 0) is 10.0 Å². The van der Waals surface area contributed by atoms with Crippen LogP contribution in [-0.4, -0.2) is 46.7 Å². The molecule has 0 spiro atoms. The Morgan fingerprint density at radius 3 is 2.54 bits per heavy atom. The molecule has 0 saturated carbocycles. The molecule has 5 rings (SSSR count). The minimum Gasteiger partial charge on any atom is -0.486 e. The summed E-state index contributed by atoms with van der Waals surface area (Å²) in [4.78, 5) is 26.6. The molecule has 2 heterocycles. The largest absolute Gasteiger partial charge is 0.486 e. The molecule has 0 aromatic heterocycles. The van der Waals surface area contributed by atoms with Gasteiger partial charge < -0.3 is 20.1 Å². The Labute approximate surface area is 201 Å². The number of para-hydroxylation sites is 1. The van der Waals surface area contributed by atoms with Gasteiger partial charge in [-0.2, -0.15) is 0 Å². The van der Waals surface area contributed by atoms with Gasteiger partial charge in [0.25, 0.3) is 15.9 Å². The number of sulfonamides is 1. The average Bonchev–Trinajstić information content (AvgIpc) is 3.30. The van der Waals surface area contributed by atoms with Crippen LogP contribution in [0.5, 0.6) is 11.5 Å². The van der Waals surface area contributed by atoms with Crippen LogP contribution in [0.15, 0.2) is 71.6 Å². The number of hydrogen-bond donors (Lipinski definition) is 3. The number of rotatable bonds is 6. The minimum absolute atomic E-state index is 0.0199. The molecule has 1 saturated heterocycles. The third kappa shape index (κ3) is 4.71. The normalized spacial score (nSPS) is 14.9. The summed E-state index contributed by atoms with van der Waals surface area (Å²) in [5.74, 6) is 0.314. The third-order valence-electron chi connectivity index (χ3n) is 5.51. The van der Waals surface area contributed by atoms with Crippen molar-refractivity contribution >= 4 is 39.0 Å². The number of carbonyl (C=O) groups excluding carboxylic acids is 2. The molecular formula is C24H22N4O6S. The summed E-state index contributed by atoms with van der Waals surface area (Å²) in [6, 6.07) is 17.3. The molecule has 2 aliphatic heterocycles. The van der Waals surface area contributed by atoms with Gasteiger partial charge >= 0.3 is 6.03 Å². The molecule has 3 amide bonds. The minimum atomic E-state index is -4.02. The predicted molar refractivity (Wildman–Crippen MR) is 130 cm³/mol. The van der Waals surface area contributed by atoms with E-state index in [0.29, 0.717) is 49.2 Å². The van der Waals surface area contributed by atoms with Crippen molar-refractivity contribution in [3.05, 3.63) is 72.3 Å². The van der Waals surface area contributed by atoms with Crippen LogP contribution >= 0.6 is 0 Å². The number of ether oxygens (including phenoxy) is 2. The third-order valence-corrected chi connectivity index (χ3v) is 6.88. The Morgan fingerprint density at radius 1 is 0.943 bits per heavy atom. The lowest BCUT2D eigenvalue weighted by Gasteiger charge is -2.19. The summed E-state index contributed by atoms with van der Waals surface area (Å²) in [7, 11) is -4.02. The number of amides is 3. The highest BCUT2D eigenvalue weighted by atomic mass is 32.2. The van der Waals surface area contributed by atoms with E-state index in [1.165, 1.54) is 30.3 Å². The Bertz CT molecular complexity index is 1410. The zero-order valence-corrected chi connectivity index (χ0v) is 19.3. The van der Waals surface area contributed by atoms with Crippen LogP contribution in [0.1, 0.15) is 10.4 Å². The molecule has 11 heteroatoms. The highest BCUT2D eigenvalue weighted by molar-refractivity contribution is 7.92. The van der Waals surface area contributed by atoms with E-state index in [1.54, 1.807) is 41.3 Å². The summed E-state index contributed by atoms with van der Waals surface area (Å²) >= 11 is 0. The van der Waals surface area contributed by atoms with Crippen LogP contribution < -0.4 is 29.7 Å². The van der Waals surface area contributed by atoms with Gasteiger partial charge in [-0.1, -0.05) is 18.2 Å². The Balaban J connectivity index is 1.36. The quantitative estimate of drug-likeness (QED) is 0.484. The first kappa shape index (κ1) is 22.5. The number of fused-ring (bicyclic) bond motifs is 1. The van der Waals surface area contributed by atoms with Crippen molar-refractivity contribution in [2.75, 3.05) is 41.2 Å². The second-order valence-electron chi connectivity index (χ2n) is 7.84. The zero-order valence-electron chi connectivity index (χ0n) is 18.5. The molecular weight excluding hydrogens is 472 g/mol. The maximum Gasteiger partial charge on any atom is 0.321 e. The van der Waals surface area contributed by atoms with Crippen LogP contribution in [0.25, 0.3) is 0 Å². The van der Waals surface area contributed by atoms with Gasteiger partial charge in [0.2, 0.25) is 0 Å². The van der Waals surface area contributed by atoms with Crippen molar-refractivity contribution in [2.45, 2.75) is 4.90 Å². The molecule has 35 heavy (non-hydrogen) atoms. The lowest BCUT2D eigenvalue weighted by molar-refractivity contribution is 0.102. The molecule has 10 nitrogen and oxygen atoms in total. The van der Waals surface area contributed by atoms with Crippen molar-refractivity contribution in [1.82, 2.24) is 5.32 Å². The van der Waals surface area contributed by atoms with Gasteiger partial charge in [0.05, 0.1) is 16.1 Å². The average molecular weight is 495 g/mol. The van der Waals surface area contributed by atoms with Crippen molar-refractivity contribution in [2.24, 2.45) is 0 Å². The van der Waals surface area contributed by atoms with Gasteiger partial charge in [-0.15, -0.1) is 0 Å². The highest BCUT2D eigenvalue weighted by Gasteiger charge is 2.23. The Morgan fingerprint density at radius 2 is 1.74 bits per heavy atom. The number of urea groups is 1. The van der Waals surface area contributed by atoms with Gasteiger partial charge in [0.1, 0.15) is 13.2 Å². The number of hydrogen-bond acceptors (Lipinski definition) is 6. The lowest BCUT2D eigenvalue weighted by Crippen LogP contribution is -2.27. The van der Waals surface area contributed by atoms with Gasteiger partial charge in [-0.05, 0) is 42.5 Å². The molecule has 0 atom stereocenters. The van der Waals surface area contributed by atoms with E-state index in [4.69, 9.17) is 9.47 Å². The van der Waals surface area contributed by atoms with Crippen LogP contribution in [0, 0.1) is 0 Å². The zero-order chi connectivity index (χ0) is 24.4. The molecule has 0 unspecified atom stereocenters. The van der Waals surface area contributed by atoms with E-state index in [1.807, 2.05) is 0 Å². The van der Waals surface area contributed by atoms with Gasteiger partial charge in [-0.25, -0.2) is 13.2 Å². The van der Waals surface area contributed by atoms with Crippen molar-refractivity contribution in [1.29, 1.82) is 0 Å². The Kier molecular flexibility index (Phi) is 5.91. The molecule has 1 fully saturated rings. The molecule has 0 aliphatic carbocycles. The first-order valence-electron chi connectivity index (χ1n) is 10.9.